The number of hydrogen-bond donors (Lipinski definition) is 1. The molecule has 0 bridgehead atoms. The van der Waals surface area contributed by atoms with Gasteiger partial charge in [-0.1, -0.05) is 12.1 Å². The fourth-order valence-corrected chi connectivity index (χ4v) is 3.73. The zero-order valence-corrected chi connectivity index (χ0v) is 13.2. The van der Waals surface area contributed by atoms with E-state index in [4.69, 9.17) is 0 Å². The smallest absolute Gasteiger partial charge is 0.228 e. The Balaban J connectivity index is 1.52. The highest BCUT2D eigenvalue weighted by molar-refractivity contribution is 7.10. The summed E-state index contributed by atoms with van der Waals surface area (Å²) in [4.78, 5) is 19.4. The zero-order chi connectivity index (χ0) is 15.4. The van der Waals surface area contributed by atoms with Crippen LogP contribution in [-0.4, -0.2) is 34.0 Å². The molecule has 22 heavy (non-hydrogen) atoms. The van der Waals surface area contributed by atoms with E-state index in [9.17, 15) is 9.90 Å². The van der Waals surface area contributed by atoms with E-state index in [-0.39, 0.29) is 11.8 Å². The molecule has 1 aliphatic rings. The first kappa shape index (κ1) is 15.2. The lowest BCUT2D eigenvalue weighted by Gasteiger charge is -2.34. The van der Waals surface area contributed by atoms with E-state index in [1.807, 2.05) is 40.6 Å². The highest BCUT2D eigenvalue weighted by Crippen LogP contribution is 2.32. The molecule has 2 aromatic heterocycles. The Labute approximate surface area is 134 Å². The van der Waals surface area contributed by atoms with E-state index in [0.717, 1.165) is 36.5 Å². The molecule has 1 fully saturated rings. The average Bonchev–Trinajstić information content (AvgIpc) is 3.10. The highest BCUT2D eigenvalue weighted by atomic mass is 32.1. The van der Waals surface area contributed by atoms with Crippen LogP contribution >= 0.6 is 11.3 Å². The van der Waals surface area contributed by atoms with Crippen molar-refractivity contribution in [2.45, 2.75) is 25.4 Å². The van der Waals surface area contributed by atoms with Crippen LogP contribution in [0.25, 0.3) is 0 Å². The second-order valence-corrected chi connectivity index (χ2v) is 6.66. The number of piperidine rings is 1. The second kappa shape index (κ2) is 7.03. The summed E-state index contributed by atoms with van der Waals surface area (Å²) in [5.74, 6) is 0.375. The molecule has 1 N–H and O–H groups in total. The van der Waals surface area contributed by atoms with Gasteiger partial charge >= 0.3 is 0 Å². The van der Waals surface area contributed by atoms with E-state index in [1.54, 1.807) is 17.5 Å². The maximum absolute atomic E-state index is 12.3. The van der Waals surface area contributed by atoms with Gasteiger partial charge in [0, 0.05) is 29.9 Å². The van der Waals surface area contributed by atoms with Crippen LogP contribution in [0.15, 0.2) is 41.9 Å². The lowest BCUT2D eigenvalue weighted by Crippen LogP contribution is -2.40. The number of aliphatic hydroxyl groups is 1. The van der Waals surface area contributed by atoms with Crippen LogP contribution in [-0.2, 0) is 11.2 Å². The van der Waals surface area contributed by atoms with Crippen LogP contribution in [0.3, 0.4) is 0 Å². The highest BCUT2D eigenvalue weighted by Gasteiger charge is 2.28. The third-order valence-corrected chi connectivity index (χ3v) is 5.17. The molecule has 0 spiro atoms. The van der Waals surface area contributed by atoms with Gasteiger partial charge in [-0.05, 0) is 42.3 Å². The standard InChI is InChI=1S/C17H20N2O2S/c20-16(12-14-4-1-2-8-18-14)19-9-6-13(7-10-19)17(21)15-5-3-11-22-15/h1-5,8,11,13,17,21H,6-7,9-10,12H2/t17-/m1/s1. The molecule has 0 aliphatic carbocycles. The Morgan fingerprint density at radius 2 is 2.14 bits per heavy atom. The molecule has 0 aromatic carbocycles. The second-order valence-electron chi connectivity index (χ2n) is 5.68. The first-order valence-electron chi connectivity index (χ1n) is 7.63. The Bertz CT molecular complexity index is 592. The summed E-state index contributed by atoms with van der Waals surface area (Å²) >= 11 is 1.59. The summed E-state index contributed by atoms with van der Waals surface area (Å²) in [6.07, 6.45) is 3.39. The molecule has 1 atom stereocenters. The van der Waals surface area contributed by atoms with E-state index in [0.29, 0.717) is 6.42 Å². The van der Waals surface area contributed by atoms with Crippen molar-refractivity contribution >= 4 is 17.2 Å². The minimum absolute atomic E-state index is 0.128. The minimum atomic E-state index is -0.395. The van der Waals surface area contributed by atoms with Crippen LogP contribution in [0.1, 0.15) is 29.5 Å². The van der Waals surface area contributed by atoms with Crippen molar-refractivity contribution < 1.29 is 9.90 Å². The van der Waals surface area contributed by atoms with Crippen LogP contribution < -0.4 is 0 Å². The fraction of sp³-hybridized carbons (Fsp3) is 0.412. The molecule has 1 amide bonds. The molecule has 3 heterocycles. The largest absolute Gasteiger partial charge is 0.387 e. The van der Waals surface area contributed by atoms with Gasteiger partial charge in [-0.25, -0.2) is 0 Å². The molecular weight excluding hydrogens is 296 g/mol. The Morgan fingerprint density at radius 3 is 2.77 bits per heavy atom. The van der Waals surface area contributed by atoms with Gasteiger partial charge in [0.05, 0.1) is 12.5 Å². The van der Waals surface area contributed by atoms with E-state index < -0.39 is 6.10 Å². The molecule has 5 heteroatoms. The number of nitrogens with zero attached hydrogens (tertiary/aromatic N) is 2. The Morgan fingerprint density at radius 1 is 1.32 bits per heavy atom. The van der Waals surface area contributed by atoms with E-state index in [1.165, 1.54) is 0 Å². The fourth-order valence-electron chi connectivity index (χ4n) is 2.93. The van der Waals surface area contributed by atoms with Crippen molar-refractivity contribution in [3.05, 3.63) is 52.5 Å². The molecule has 0 saturated carbocycles. The maximum Gasteiger partial charge on any atom is 0.228 e. The summed E-state index contributed by atoms with van der Waals surface area (Å²) in [5, 5.41) is 12.4. The number of likely N-dealkylation sites (tertiary alicyclic amines) is 1. The lowest BCUT2D eigenvalue weighted by atomic mass is 9.90. The number of aromatic nitrogens is 1. The van der Waals surface area contributed by atoms with E-state index in [2.05, 4.69) is 4.98 Å². The summed E-state index contributed by atoms with van der Waals surface area (Å²) in [7, 11) is 0. The number of carbonyl (C=O) groups is 1. The summed E-state index contributed by atoms with van der Waals surface area (Å²) in [5.41, 5.74) is 0.813. The summed E-state index contributed by atoms with van der Waals surface area (Å²) < 4.78 is 0. The molecule has 3 rings (SSSR count). The van der Waals surface area contributed by atoms with Gasteiger partial charge in [-0.15, -0.1) is 11.3 Å². The Hall–Kier alpha value is -1.72. The van der Waals surface area contributed by atoms with Crippen LogP contribution in [0.4, 0.5) is 0 Å². The van der Waals surface area contributed by atoms with Gasteiger partial charge in [0.15, 0.2) is 0 Å². The maximum atomic E-state index is 12.3. The molecule has 4 nitrogen and oxygen atoms in total. The number of amides is 1. The van der Waals surface area contributed by atoms with Crippen LogP contribution in [0.2, 0.25) is 0 Å². The van der Waals surface area contributed by atoms with Crippen molar-refractivity contribution in [1.29, 1.82) is 0 Å². The predicted octanol–water partition coefficient (Wildman–Crippen LogP) is 2.66. The molecule has 116 valence electrons. The van der Waals surface area contributed by atoms with E-state index >= 15 is 0 Å². The summed E-state index contributed by atoms with van der Waals surface area (Å²) in [6.45, 7) is 1.44. The number of carbonyl (C=O) groups excluding carboxylic acids is 1. The average molecular weight is 316 g/mol. The van der Waals surface area contributed by atoms with Gasteiger partial charge in [-0.2, -0.15) is 0 Å². The molecule has 2 aromatic rings. The quantitative estimate of drug-likeness (QED) is 0.943. The lowest BCUT2D eigenvalue weighted by molar-refractivity contribution is -0.132. The van der Waals surface area contributed by atoms with Crippen molar-refractivity contribution in [3.8, 4) is 0 Å². The topological polar surface area (TPSA) is 53.4 Å². The summed E-state index contributed by atoms with van der Waals surface area (Å²) in [6, 6.07) is 9.58. The van der Waals surface area contributed by atoms with Crippen molar-refractivity contribution in [2.75, 3.05) is 13.1 Å². The SMILES string of the molecule is O=C(Cc1ccccn1)N1CCC([C@@H](O)c2cccs2)CC1. The first-order chi connectivity index (χ1) is 10.7. The number of aliphatic hydroxyl groups excluding tert-OH is 1. The number of thiophene rings is 1. The van der Waals surface area contributed by atoms with Crippen LogP contribution in [0, 0.1) is 5.92 Å². The van der Waals surface area contributed by atoms with Gasteiger partial charge in [0.2, 0.25) is 5.91 Å². The van der Waals surface area contributed by atoms with Crippen LogP contribution in [0.5, 0.6) is 0 Å². The van der Waals surface area contributed by atoms with Crippen molar-refractivity contribution in [1.82, 2.24) is 9.88 Å². The zero-order valence-electron chi connectivity index (χ0n) is 12.4. The molecule has 1 saturated heterocycles. The normalized spacial score (nSPS) is 17.4. The number of pyridine rings is 1. The van der Waals surface area contributed by atoms with Gasteiger partial charge in [0.25, 0.3) is 0 Å². The van der Waals surface area contributed by atoms with Crippen molar-refractivity contribution in [2.24, 2.45) is 5.92 Å². The number of rotatable bonds is 4. The van der Waals surface area contributed by atoms with Gasteiger partial charge < -0.3 is 10.0 Å². The first-order valence-corrected chi connectivity index (χ1v) is 8.51. The molecule has 0 unspecified atom stereocenters. The monoisotopic (exact) mass is 316 g/mol. The predicted molar refractivity (Wildman–Crippen MR) is 86.5 cm³/mol. The van der Waals surface area contributed by atoms with Crippen molar-refractivity contribution in [3.63, 3.8) is 0 Å². The molecule has 0 radical (unpaired) electrons. The third-order valence-electron chi connectivity index (χ3n) is 4.23. The third kappa shape index (κ3) is 3.54. The Kier molecular flexibility index (Phi) is 4.85. The number of hydrogen-bond acceptors (Lipinski definition) is 4. The van der Waals surface area contributed by atoms with Gasteiger partial charge in [-0.3, -0.25) is 9.78 Å². The van der Waals surface area contributed by atoms with Gasteiger partial charge in [0.1, 0.15) is 0 Å². The molecular formula is C17H20N2O2S. The molecule has 1 aliphatic heterocycles. The minimum Gasteiger partial charge on any atom is -0.387 e.